The monoisotopic (exact) mass is 347 g/mol. The fraction of sp³-hybridized carbons (Fsp3) is 0.500. The summed E-state index contributed by atoms with van der Waals surface area (Å²) in [6.45, 7) is 8.05. The van der Waals surface area contributed by atoms with Crippen molar-refractivity contribution in [2.24, 2.45) is 0 Å². The van der Waals surface area contributed by atoms with Gasteiger partial charge in [0, 0.05) is 13.1 Å². The van der Waals surface area contributed by atoms with E-state index in [-0.39, 0.29) is 5.60 Å². The van der Waals surface area contributed by atoms with Crippen molar-refractivity contribution in [1.29, 1.82) is 0 Å². The summed E-state index contributed by atoms with van der Waals surface area (Å²) in [5.74, 6) is 1.69. The fourth-order valence-electron chi connectivity index (χ4n) is 2.53. The van der Waals surface area contributed by atoms with Gasteiger partial charge < -0.3 is 19.0 Å². The van der Waals surface area contributed by atoms with Crippen molar-refractivity contribution in [2.45, 2.75) is 45.6 Å². The Morgan fingerprint density at radius 1 is 1.16 bits per heavy atom. The molecular weight excluding hydrogens is 318 g/mol. The minimum absolute atomic E-state index is 0.264. The van der Waals surface area contributed by atoms with Crippen LogP contribution in [0.15, 0.2) is 47.1 Å². The predicted molar refractivity (Wildman–Crippen MR) is 97.5 cm³/mol. The SMILES string of the molecule is COc1cccc(CN(Cc2ccco2)C[C@H](O)COC(C)(C)C)c1. The van der Waals surface area contributed by atoms with Crippen LogP contribution in [0.25, 0.3) is 0 Å². The van der Waals surface area contributed by atoms with Gasteiger partial charge >= 0.3 is 0 Å². The van der Waals surface area contributed by atoms with E-state index in [2.05, 4.69) is 11.0 Å². The molecule has 2 rings (SSSR count). The number of aliphatic hydroxyl groups is 1. The van der Waals surface area contributed by atoms with Crippen LogP contribution in [0.1, 0.15) is 32.1 Å². The van der Waals surface area contributed by atoms with Gasteiger partial charge in [0.2, 0.25) is 0 Å². The van der Waals surface area contributed by atoms with Gasteiger partial charge in [-0.3, -0.25) is 4.90 Å². The van der Waals surface area contributed by atoms with Gasteiger partial charge in [-0.1, -0.05) is 12.1 Å². The van der Waals surface area contributed by atoms with Crippen LogP contribution in [0.5, 0.6) is 5.75 Å². The zero-order valence-electron chi connectivity index (χ0n) is 15.6. The average Bonchev–Trinajstić information content (AvgIpc) is 3.05. The average molecular weight is 347 g/mol. The van der Waals surface area contributed by atoms with E-state index in [4.69, 9.17) is 13.9 Å². The highest BCUT2D eigenvalue weighted by molar-refractivity contribution is 5.28. The van der Waals surface area contributed by atoms with Gasteiger partial charge in [0.15, 0.2) is 0 Å². The van der Waals surface area contributed by atoms with Crippen molar-refractivity contribution in [2.75, 3.05) is 20.3 Å². The molecule has 0 spiro atoms. The van der Waals surface area contributed by atoms with E-state index in [1.54, 1.807) is 13.4 Å². The van der Waals surface area contributed by atoms with E-state index in [0.717, 1.165) is 17.1 Å². The summed E-state index contributed by atoms with van der Waals surface area (Å²) in [4.78, 5) is 2.14. The molecule has 0 fully saturated rings. The Hall–Kier alpha value is -1.82. The third kappa shape index (κ3) is 7.30. The first-order valence-corrected chi connectivity index (χ1v) is 8.55. The van der Waals surface area contributed by atoms with Crippen molar-refractivity contribution in [3.8, 4) is 5.75 Å². The van der Waals surface area contributed by atoms with E-state index in [9.17, 15) is 5.11 Å². The fourth-order valence-corrected chi connectivity index (χ4v) is 2.53. The third-order valence-electron chi connectivity index (χ3n) is 3.68. The maximum Gasteiger partial charge on any atom is 0.119 e. The summed E-state index contributed by atoms with van der Waals surface area (Å²) >= 11 is 0. The van der Waals surface area contributed by atoms with Gasteiger partial charge in [-0.05, 0) is 50.6 Å². The Labute approximate surface area is 150 Å². The first-order valence-electron chi connectivity index (χ1n) is 8.55. The number of aliphatic hydroxyl groups excluding tert-OH is 1. The van der Waals surface area contributed by atoms with Crippen LogP contribution >= 0.6 is 0 Å². The number of nitrogens with zero attached hydrogens (tertiary/aromatic N) is 1. The van der Waals surface area contributed by atoms with Gasteiger partial charge in [0.05, 0.1) is 38.2 Å². The maximum atomic E-state index is 10.4. The van der Waals surface area contributed by atoms with Crippen molar-refractivity contribution >= 4 is 0 Å². The van der Waals surface area contributed by atoms with E-state index in [1.807, 2.05) is 51.1 Å². The third-order valence-corrected chi connectivity index (χ3v) is 3.68. The largest absolute Gasteiger partial charge is 0.497 e. The van der Waals surface area contributed by atoms with Crippen LogP contribution in [-0.4, -0.2) is 42.0 Å². The molecule has 1 atom stereocenters. The molecule has 25 heavy (non-hydrogen) atoms. The second-order valence-corrected chi connectivity index (χ2v) is 7.18. The molecular formula is C20H29NO4. The van der Waals surface area contributed by atoms with Crippen LogP contribution in [-0.2, 0) is 17.8 Å². The number of hydrogen-bond acceptors (Lipinski definition) is 5. The van der Waals surface area contributed by atoms with Crippen molar-refractivity contribution in [3.05, 3.63) is 54.0 Å². The second-order valence-electron chi connectivity index (χ2n) is 7.18. The second kappa shape index (κ2) is 9.04. The van der Waals surface area contributed by atoms with Crippen LogP contribution in [0.2, 0.25) is 0 Å². The molecule has 1 heterocycles. The Morgan fingerprint density at radius 2 is 1.96 bits per heavy atom. The number of benzene rings is 1. The van der Waals surface area contributed by atoms with Crippen molar-refractivity contribution in [1.82, 2.24) is 4.90 Å². The van der Waals surface area contributed by atoms with Crippen LogP contribution in [0.4, 0.5) is 0 Å². The van der Waals surface area contributed by atoms with E-state index < -0.39 is 6.10 Å². The normalized spacial score (nSPS) is 13.2. The standard InChI is InChI=1S/C20H29NO4/c1-20(2,3)25-15-17(22)13-21(14-19-9-6-10-24-19)12-16-7-5-8-18(11-16)23-4/h5-11,17,22H,12-15H2,1-4H3/t17-/m0/s1. The quantitative estimate of drug-likeness (QED) is 0.753. The molecule has 1 aromatic heterocycles. The Bertz CT molecular complexity index is 619. The lowest BCUT2D eigenvalue weighted by atomic mass is 10.1. The summed E-state index contributed by atoms with van der Waals surface area (Å²) in [5.41, 5.74) is 0.856. The highest BCUT2D eigenvalue weighted by Gasteiger charge is 2.18. The molecule has 0 amide bonds. The smallest absolute Gasteiger partial charge is 0.119 e. The molecule has 138 valence electrons. The first-order chi connectivity index (χ1) is 11.9. The van der Waals surface area contributed by atoms with Crippen molar-refractivity contribution < 1.29 is 19.0 Å². The topological polar surface area (TPSA) is 55.1 Å². The van der Waals surface area contributed by atoms with E-state index in [0.29, 0.717) is 26.2 Å². The molecule has 1 aromatic carbocycles. The Kier molecular flexibility index (Phi) is 7.05. The summed E-state index contributed by atoms with van der Waals surface area (Å²) in [6.07, 6.45) is 1.10. The molecule has 0 aliphatic carbocycles. The predicted octanol–water partition coefficient (Wildman–Crippen LogP) is 3.47. The van der Waals surface area contributed by atoms with Gasteiger partial charge in [-0.25, -0.2) is 0 Å². The Balaban J connectivity index is 2.01. The molecule has 0 unspecified atom stereocenters. The summed E-state index contributed by atoms with van der Waals surface area (Å²) in [6, 6.07) is 11.8. The molecule has 1 N–H and O–H groups in total. The molecule has 0 aliphatic rings. The summed E-state index contributed by atoms with van der Waals surface area (Å²) in [5, 5.41) is 10.4. The highest BCUT2D eigenvalue weighted by atomic mass is 16.5. The molecule has 0 aliphatic heterocycles. The molecule has 0 saturated heterocycles. The molecule has 0 bridgehead atoms. The lowest BCUT2D eigenvalue weighted by Gasteiger charge is -2.27. The number of furan rings is 1. The molecule has 2 aromatic rings. The maximum absolute atomic E-state index is 10.4. The van der Waals surface area contributed by atoms with Crippen LogP contribution in [0, 0.1) is 0 Å². The molecule has 5 heteroatoms. The first kappa shape index (κ1) is 19.5. The Morgan fingerprint density at radius 3 is 2.60 bits per heavy atom. The molecule has 0 radical (unpaired) electrons. The minimum Gasteiger partial charge on any atom is -0.497 e. The lowest BCUT2D eigenvalue weighted by Crippen LogP contribution is -2.36. The summed E-state index contributed by atoms with van der Waals surface area (Å²) in [7, 11) is 1.66. The number of hydrogen-bond donors (Lipinski definition) is 1. The molecule has 5 nitrogen and oxygen atoms in total. The van der Waals surface area contributed by atoms with E-state index >= 15 is 0 Å². The number of ether oxygens (including phenoxy) is 2. The van der Waals surface area contributed by atoms with Crippen LogP contribution < -0.4 is 4.74 Å². The minimum atomic E-state index is -0.570. The number of methoxy groups -OCH3 is 1. The van der Waals surface area contributed by atoms with Gasteiger partial charge in [-0.2, -0.15) is 0 Å². The lowest BCUT2D eigenvalue weighted by molar-refractivity contribution is -0.0576. The zero-order chi connectivity index (χ0) is 18.3. The number of rotatable bonds is 9. The van der Waals surface area contributed by atoms with Crippen LogP contribution in [0.3, 0.4) is 0 Å². The summed E-state index contributed by atoms with van der Waals surface area (Å²) < 4.78 is 16.4. The zero-order valence-corrected chi connectivity index (χ0v) is 15.6. The van der Waals surface area contributed by atoms with Crippen molar-refractivity contribution in [3.63, 3.8) is 0 Å². The van der Waals surface area contributed by atoms with Gasteiger partial charge in [-0.15, -0.1) is 0 Å². The van der Waals surface area contributed by atoms with E-state index in [1.165, 1.54) is 0 Å². The van der Waals surface area contributed by atoms with Gasteiger partial charge in [0.25, 0.3) is 0 Å². The molecule has 0 saturated carbocycles. The highest BCUT2D eigenvalue weighted by Crippen LogP contribution is 2.17. The van der Waals surface area contributed by atoms with Gasteiger partial charge in [0.1, 0.15) is 11.5 Å².